The lowest BCUT2D eigenvalue weighted by atomic mass is 9.70. The van der Waals surface area contributed by atoms with E-state index >= 15 is 0 Å². The van der Waals surface area contributed by atoms with Crippen LogP contribution in [0.5, 0.6) is 0 Å². The van der Waals surface area contributed by atoms with Gasteiger partial charge in [-0.15, -0.1) is 11.3 Å². The van der Waals surface area contributed by atoms with E-state index in [-0.39, 0.29) is 23.7 Å². The molecule has 31 heavy (non-hydrogen) atoms. The van der Waals surface area contributed by atoms with Crippen molar-refractivity contribution >= 4 is 39.9 Å². The Balaban J connectivity index is 1.70. The number of carbonyl (C=O) groups excluding carboxylic acids is 1. The topological polar surface area (TPSA) is 82.5 Å². The van der Waals surface area contributed by atoms with Crippen LogP contribution >= 0.6 is 22.9 Å². The van der Waals surface area contributed by atoms with E-state index in [0.29, 0.717) is 29.8 Å². The van der Waals surface area contributed by atoms with Crippen LogP contribution in [0.2, 0.25) is 5.02 Å². The van der Waals surface area contributed by atoms with Gasteiger partial charge in [0.05, 0.1) is 12.1 Å². The van der Waals surface area contributed by atoms with Crippen molar-refractivity contribution in [1.29, 1.82) is 0 Å². The number of aromatic nitrogens is 1. The van der Waals surface area contributed by atoms with E-state index in [2.05, 4.69) is 36.3 Å². The molecule has 168 valence electrons. The number of rotatable bonds is 7. The molecule has 3 rings (SSSR count). The van der Waals surface area contributed by atoms with Crippen LogP contribution in [0.4, 0.5) is 5.13 Å². The summed E-state index contributed by atoms with van der Waals surface area (Å²) in [6, 6.07) is 7.61. The Morgan fingerprint density at radius 2 is 2.00 bits per heavy atom. The summed E-state index contributed by atoms with van der Waals surface area (Å²) in [6.07, 6.45) is 0.774. The molecule has 1 amide bonds. The number of thiazole rings is 1. The van der Waals surface area contributed by atoms with Gasteiger partial charge in [0.1, 0.15) is 6.04 Å². The number of carboxylic acid groups (broad SMARTS) is 1. The highest BCUT2D eigenvalue weighted by atomic mass is 35.5. The molecule has 0 bridgehead atoms. The number of hydrogen-bond donors (Lipinski definition) is 2. The lowest BCUT2D eigenvalue weighted by Gasteiger charge is -2.45. The van der Waals surface area contributed by atoms with Gasteiger partial charge in [-0.3, -0.25) is 9.59 Å². The number of carboxylic acids is 1. The van der Waals surface area contributed by atoms with Crippen molar-refractivity contribution in [3.05, 3.63) is 45.9 Å². The van der Waals surface area contributed by atoms with Crippen LogP contribution in [-0.4, -0.2) is 46.0 Å². The van der Waals surface area contributed by atoms with Gasteiger partial charge in [0, 0.05) is 23.5 Å². The Bertz CT molecular complexity index is 926. The van der Waals surface area contributed by atoms with E-state index in [1.54, 1.807) is 5.38 Å². The number of anilines is 1. The minimum atomic E-state index is -0.917. The molecule has 1 aliphatic rings. The third kappa shape index (κ3) is 5.77. The van der Waals surface area contributed by atoms with Gasteiger partial charge in [-0.05, 0) is 41.4 Å². The number of halogens is 1. The number of nitrogens with zero attached hydrogens (tertiary/aromatic N) is 2. The molecule has 2 atom stereocenters. The third-order valence-corrected chi connectivity index (χ3v) is 6.98. The summed E-state index contributed by atoms with van der Waals surface area (Å²) in [5.74, 6) is -0.431. The summed E-state index contributed by atoms with van der Waals surface area (Å²) in [7, 11) is 0. The van der Waals surface area contributed by atoms with Crippen molar-refractivity contribution in [3.8, 4) is 0 Å². The van der Waals surface area contributed by atoms with E-state index in [4.69, 9.17) is 16.7 Å². The standard InChI is InChI=1S/C23H30ClN3O3S/c1-14(2)20(26-22-25-17(12-31-22)11-19(28)29)21(30)27-10-9-18(23(3,4)13-27)15-5-7-16(24)8-6-15/h5-8,12,14,18,20H,9-11,13H2,1-4H3,(H,25,26)(H,28,29). The summed E-state index contributed by atoms with van der Waals surface area (Å²) in [6.45, 7) is 9.81. The molecule has 2 unspecified atom stereocenters. The van der Waals surface area contributed by atoms with Gasteiger partial charge in [-0.1, -0.05) is 51.4 Å². The van der Waals surface area contributed by atoms with E-state index in [9.17, 15) is 9.59 Å². The van der Waals surface area contributed by atoms with Crippen LogP contribution in [-0.2, 0) is 16.0 Å². The van der Waals surface area contributed by atoms with Gasteiger partial charge < -0.3 is 15.3 Å². The molecule has 1 aromatic heterocycles. The normalized spacial score (nSPS) is 19.3. The minimum Gasteiger partial charge on any atom is -0.481 e. The lowest BCUT2D eigenvalue weighted by molar-refractivity contribution is -0.137. The largest absolute Gasteiger partial charge is 0.481 e. The van der Waals surface area contributed by atoms with E-state index < -0.39 is 12.0 Å². The maximum Gasteiger partial charge on any atom is 0.309 e. The highest BCUT2D eigenvalue weighted by molar-refractivity contribution is 7.13. The van der Waals surface area contributed by atoms with Crippen LogP contribution in [0.1, 0.15) is 51.3 Å². The molecule has 0 saturated carbocycles. The van der Waals surface area contributed by atoms with Crippen molar-refractivity contribution in [2.24, 2.45) is 11.3 Å². The average molecular weight is 464 g/mol. The molecule has 0 radical (unpaired) electrons. The van der Waals surface area contributed by atoms with Gasteiger partial charge in [0.15, 0.2) is 5.13 Å². The molecule has 1 aliphatic heterocycles. The van der Waals surface area contributed by atoms with Gasteiger partial charge in [0.25, 0.3) is 0 Å². The van der Waals surface area contributed by atoms with Crippen LogP contribution in [0, 0.1) is 11.3 Å². The number of aliphatic carboxylic acids is 1. The summed E-state index contributed by atoms with van der Waals surface area (Å²) < 4.78 is 0. The summed E-state index contributed by atoms with van der Waals surface area (Å²) >= 11 is 7.38. The lowest BCUT2D eigenvalue weighted by Crippen LogP contribution is -2.53. The zero-order valence-corrected chi connectivity index (χ0v) is 20.0. The highest BCUT2D eigenvalue weighted by Gasteiger charge is 2.40. The molecular formula is C23H30ClN3O3S. The fourth-order valence-electron chi connectivity index (χ4n) is 4.31. The third-order valence-electron chi connectivity index (χ3n) is 5.91. The molecule has 0 spiro atoms. The smallest absolute Gasteiger partial charge is 0.309 e. The first kappa shape index (κ1) is 23.5. The minimum absolute atomic E-state index is 0.0626. The van der Waals surface area contributed by atoms with E-state index in [1.807, 2.05) is 30.9 Å². The summed E-state index contributed by atoms with van der Waals surface area (Å²) in [5, 5.41) is 15.2. The number of piperidine rings is 1. The quantitative estimate of drug-likeness (QED) is 0.610. The Hall–Kier alpha value is -2.12. The van der Waals surface area contributed by atoms with Gasteiger partial charge >= 0.3 is 5.97 Å². The number of carbonyl (C=O) groups is 2. The molecule has 2 aromatic rings. The molecule has 0 aliphatic carbocycles. The predicted molar refractivity (Wildman–Crippen MR) is 125 cm³/mol. The average Bonchev–Trinajstić information content (AvgIpc) is 3.12. The Labute approximate surface area is 192 Å². The van der Waals surface area contributed by atoms with Gasteiger partial charge in [-0.2, -0.15) is 0 Å². The first-order valence-electron chi connectivity index (χ1n) is 10.5. The molecule has 6 nitrogen and oxygen atoms in total. The number of amides is 1. The second-order valence-electron chi connectivity index (χ2n) is 9.22. The maximum atomic E-state index is 13.4. The van der Waals surface area contributed by atoms with Crippen molar-refractivity contribution in [3.63, 3.8) is 0 Å². The van der Waals surface area contributed by atoms with Gasteiger partial charge in [0.2, 0.25) is 5.91 Å². The molecule has 2 heterocycles. The molecule has 2 N–H and O–H groups in total. The number of hydrogen-bond acceptors (Lipinski definition) is 5. The Kier molecular flexibility index (Phi) is 7.27. The van der Waals surface area contributed by atoms with Crippen molar-refractivity contribution in [1.82, 2.24) is 9.88 Å². The van der Waals surface area contributed by atoms with Crippen LogP contribution in [0.3, 0.4) is 0 Å². The van der Waals surface area contributed by atoms with Crippen molar-refractivity contribution < 1.29 is 14.7 Å². The summed E-state index contributed by atoms with van der Waals surface area (Å²) in [5.41, 5.74) is 1.69. The van der Waals surface area contributed by atoms with Crippen LogP contribution in [0.25, 0.3) is 0 Å². The fourth-order valence-corrected chi connectivity index (χ4v) is 5.19. The fraction of sp³-hybridized carbons (Fsp3) is 0.522. The van der Waals surface area contributed by atoms with Crippen molar-refractivity contribution in [2.75, 3.05) is 18.4 Å². The Morgan fingerprint density at radius 3 is 2.58 bits per heavy atom. The molecular weight excluding hydrogens is 434 g/mol. The van der Waals surface area contributed by atoms with Gasteiger partial charge in [-0.25, -0.2) is 4.98 Å². The van der Waals surface area contributed by atoms with E-state index in [1.165, 1.54) is 16.9 Å². The summed E-state index contributed by atoms with van der Waals surface area (Å²) in [4.78, 5) is 30.6. The molecule has 8 heteroatoms. The van der Waals surface area contributed by atoms with Crippen LogP contribution in [0.15, 0.2) is 29.6 Å². The first-order valence-corrected chi connectivity index (χ1v) is 11.8. The number of nitrogens with one attached hydrogen (secondary N) is 1. The highest BCUT2D eigenvalue weighted by Crippen LogP contribution is 2.42. The van der Waals surface area contributed by atoms with E-state index in [0.717, 1.165) is 11.4 Å². The SMILES string of the molecule is CC(C)C(Nc1nc(CC(=O)O)cs1)C(=O)N1CCC(c2ccc(Cl)cc2)C(C)(C)C1. The number of likely N-dealkylation sites (tertiary alicyclic amines) is 1. The van der Waals surface area contributed by atoms with Crippen LogP contribution < -0.4 is 5.32 Å². The Morgan fingerprint density at radius 1 is 1.32 bits per heavy atom. The predicted octanol–water partition coefficient (Wildman–Crippen LogP) is 4.90. The second kappa shape index (κ2) is 9.57. The molecule has 1 aromatic carbocycles. The molecule has 1 saturated heterocycles. The zero-order valence-electron chi connectivity index (χ0n) is 18.4. The van der Waals surface area contributed by atoms with Crippen molar-refractivity contribution in [2.45, 2.75) is 52.5 Å². The molecule has 1 fully saturated rings. The maximum absolute atomic E-state index is 13.4. The second-order valence-corrected chi connectivity index (χ2v) is 10.5. The zero-order chi connectivity index (χ0) is 22.8. The monoisotopic (exact) mass is 463 g/mol. The number of benzene rings is 1. The first-order chi connectivity index (χ1) is 14.6.